The van der Waals surface area contributed by atoms with Crippen molar-refractivity contribution in [3.05, 3.63) is 77.2 Å². The number of urea groups is 1. The molecular formula is C26H27F2N3O6. The molecule has 0 fully saturated rings. The Hall–Kier alpha value is -4.12. The molecule has 1 aliphatic rings. The number of anilines is 1. The number of hydrogen-bond acceptors (Lipinski definition) is 6. The van der Waals surface area contributed by atoms with Gasteiger partial charge in [-0.05, 0) is 48.9 Å². The second-order valence-corrected chi connectivity index (χ2v) is 8.42. The lowest BCUT2D eigenvalue weighted by molar-refractivity contribution is -0.133. The maximum absolute atomic E-state index is 13.6. The van der Waals surface area contributed by atoms with Crippen LogP contribution in [0.15, 0.2) is 52.9 Å². The summed E-state index contributed by atoms with van der Waals surface area (Å²) in [6, 6.07) is 11.4. The van der Waals surface area contributed by atoms with Gasteiger partial charge in [0.25, 0.3) is 0 Å². The Morgan fingerprint density at radius 3 is 2.51 bits per heavy atom. The molecule has 0 spiro atoms. The summed E-state index contributed by atoms with van der Waals surface area (Å²) >= 11 is 0. The molecule has 0 saturated heterocycles. The van der Waals surface area contributed by atoms with Crippen LogP contribution >= 0.6 is 0 Å². The van der Waals surface area contributed by atoms with Gasteiger partial charge in [0, 0.05) is 32.0 Å². The van der Waals surface area contributed by atoms with Crippen LogP contribution in [0.5, 0.6) is 11.5 Å². The number of halogens is 2. The maximum atomic E-state index is 13.6. The van der Waals surface area contributed by atoms with Crippen LogP contribution in [0.1, 0.15) is 17.1 Å². The van der Waals surface area contributed by atoms with Crippen molar-refractivity contribution in [2.45, 2.75) is 20.0 Å². The van der Waals surface area contributed by atoms with Gasteiger partial charge in [-0.1, -0.05) is 6.07 Å². The summed E-state index contributed by atoms with van der Waals surface area (Å²) in [6.45, 7) is 2.30. The average molecular weight is 516 g/mol. The van der Waals surface area contributed by atoms with E-state index in [4.69, 9.17) is 18.6 Å². The van der Waals surface area contributed by atoms with Gasteiger partial charge in [0.05, 0.1) is 13.2 Å². The highest BCUT2D eigenvalue weighted by atomic mass is 19.2. The Labute approximate surface area is 212 Å². The minimum Gasteiger partial charge on any atom is -0.464 e. The molecule has 0 radical (unpaired) electrons. The Morgan fingerprint density at radius 2 is 1.78 bits per heavy atom. The van der Waals surface area contributed by atoms with Crippen molar-refractivity contribution in [1.82, 2.24) is 9.80 Å². The van der Waals surface area contributed by atoms with E-state index in [-0.39, 0.29) is 51.2 Å². The number of ether oxygens (including phenoxy) is 3. The Kier molecular flexibility index (Phi) is 8.24. The van der Waals surface area contributed by atoms with Gasteiger partial charge >= 0.3 is 6.03 Å². The van der Waals surface area contributed by atoms with E-state index in [0.717, 1.165) is 17.7 Å². The molecule has 1 N–H and O–H groups in total. The third-order valence-corrected chi connectivity index (χ3v) is 5.66. The number of nitrogens with one attached hydrogen (secondary N) is 1. The highest BCUT2D eigenvalue weighted by Crippen LogP contribution is 2.33. The van der Waals surface area contributed by atoms with Crippen molar-refractivity contribution in [2.24, 2.45) is 0 Å². The first-order chi connectivity index (χ1) is 17.8. The molecule has 37 heavy (non-hydrogen) atoms. The van der Waals surface area contributed by atoms with Crippen LogP contribution in [0.2, 0.25) is 0 Å². The number of furan rings is 1. The molecule has 0 bridgehead atoms. The zero-order chi connectivity index (χ0) is 26.4. The van der Waals surface area contributed by atoms with E-state index in [0.29, 0.717) is 23.0 Å². The number of amides is 3. The highest BCUT2D eigenvalue weighted by molar-refractivity contribution is 5.92. The predicted molar refractivity (Wildman–Crippen MR) is 129 cm³/mol. The van der Waals surface area contributed by atoms with Crippen molar-refractivity contribution in [3.63, 3.8) is 0 Å². The van der Waals surface area contributed by atoms with Crippen molar-refractivity contribution in [1.29, 1.82) is 0 Å². The summed E-state index contributed by atoms with van der Waals surface area (Å²) < 4.78 is 48.4. The number of rotatable bonds is 10. The molecule has 2 heterocycles. The largest absolute Gasteiger partial charge is 0.464 e. The van der Waals surface area contributed by atoms with E-state index < -0.39 is 17.7 Å². The molecule has 9 nitrogen and oxygen atoms in total. The Bertz CT molecular complexity index is 1260. The topological polar surface area (TPSA) is 93.5 Å². The molecule has 1 aliphatic heterocycles. The maximum Gasteiger partial charge on any atom is 0.322 e. The highest BCUT2D eigenvalue weighted by Gasteiger charge is 2.24. The monoisotopic (exact) mass is 515 g/mol. The minimum atomic E-state index is -1.10. The molecule has 0 aliphatic carbocycles. The lowest BCUT2D eigenvalue weighted by Crippen LogP contribution is -2.45. The number of fused-ring (bicyclic) bond motifs is 1. The molecule has 3 amide bonds. The first-order valence-corrected chi connectivity index (χ1v) is 11.5. The van der Waals surface area contributed by atoms with E-state index in [1.807, 2.05) is 13.0 Å². The molecule has 4 rings (SSSR count). The number of methoxy groups -OCH3 is 1. The van der Waals surface area contributed by atoms with Gasteiger partial charge < -0.3 is 33.7 Å². The summed E-state index contributed by atoms with van der Waals surface area (Å²) in [6.07, 6.45) is 0. The van der Waals surface area contributed by atoms with Crippen LogP contribution in [-0.4, -0.2) is 55.3 Å². The summed E-state index contributed by atoms with van der Waals surface area (Å²) in [5, 5.41) is 2.50. The number of carbonyl (C=O) groups is 2. The van der Waals surface area contributed by atoms with Crippen LogP contribution in [0.3, 0.4) is 0 Å². The Balaban J connectivity index is 1.51. The van der Waals surface area contributed by atoms with Crippen molar-refractivity contribution in [3.8, 4) is 11.5 Å². The van der Waals surface area contributed by atoms with Crippen molar-refractivity contribution in [2.75, 3.05) is 38.9 Å². The summed E-state index contributed by atoms with van der Waals surface area (Å²) in [5.74, 6) is 0.0228. The smallest absolute Gasteiger partial charge is 0.322 e. The summed E-state index contributed by atoms with van der Waals surface area (Å²) in [5.41, 5.74) is 0.859. The van der Waals surface area contributed by atoms with Crippen LogP contribution < -0.4 is 14.8 Å². The van der Waals surface area contributed by atoms with E-state index in [9.17, 15) is 18.4 Å². The quantitative estimate of drug-likeness (QED) is 0.433. The number of benzene rings is 2. The summed E-state index contributed by atoms with van der Waals surface area (Å²) in [7, 11) is 1.47. The molecule has 0 saturated carbocycles. The molecule has 2 aromatic carbocycles. The van der Waals surface area contributed by atoms with Gasteiger partial charge in [-0.3, -0.25) is 4.79 Å². The third kappa shape index (κ3) is 6.76. The lowest BCUT2D eigenvalue weighted by atomic mass is 10.2. The van der Waals surface area contributed by atoms with E-state index in [1.54, 1.807) is 29.2 Å². The fourth-order valence-corrected chi connectivity index (χ4v) is 3.74. The van der Waals surface area contributed by atoms with Crippen LogP contribution in [-0.2, 0) is 22.6 Å². The van der Waals surface area contributed by atoms with Gasteiger partial charge in [-0.2, -0.15) is 0 Å². The fourth-order valence-electron chi connectivity index (χ4n) is 3.74. The Morgan fingerprint density at radius 1 is 0.973 bits per heavy atom. The molecule has 11 heteroatoms. The first kappa shape index (κ1) is 26.0. The van der Waals surface area contributed by atoms with Gasteiger partial charge in [0.1, 0.15) is 18.1 Å². The van der Waals surface area contributed by atoms with Crippen LogP contribution in [0.25, 0.3) is 0 Å². The van der Waals surface area contributed by atoms with Gasteiger partial charge in [-0.15, -0.1) is 0 Å². The molecule has 0 unspecified atom stereocenters. The van der Waals surface area contributed by atoms with Crippen molar-refractivity contribution >= 4 is 17.6 Å². The number of nitrogens with zero attached hydrogens (tertiary/aromatic N) is 2. The molecule has 0 atom stereocenters. The molecule has 3 aromatic rings. The summed E-state index contributed by atoms with van der Waals surface area (Å²) in [4.78, 5) is 29.2. The number of carbonyl (C=O) groups excluding carboxylic acids is 2. The lowest BCUT2D eigenvalue weighted by Gasteiger charge is -2.27. The van der Waals surface area contributed by atoms with Crippen LogP contribution in [0.4, 0.5) is 19.3 Å². The van der Waals surface area contributed by atoms with Gasteiger partial charge in [-0.25, -0.2) is 13.6 Å². The second kappa shape index (κ2) is 11.7. The average Bonchev–Trinajstić information content (AvgIpc) is 3.51. The fraction of sp³-hybridized carbons (Fsp3) is 0.308. The number of hydrogen-bond donors (Lipinski definition) is 1. The molecular weight excluding hydrogens is 488 g/mol. The van der Waals surface area contributed by atoms with Crippen LogP contribution in [0, 0.1) is 18.6 Å². The standard InChI is InChI=1S/C26H27F2N3O6/c1-17-3-6-20(37-17)14-31(13-18-4-8-23-24(11-18)36-16-35-23)25(32)15-30(9-10-34-2)26(33)29-19-5-7-21(27)22(28)12-19/h3-8,11-12H,9-10,13-16H2,1-2H3,(H,29,33). The van der Waals surface area contributed by atoms with E-state index in [2.05, 4.69) is 5.32 Å². The zero-order valence-corrected chi connectivity index (χ0v) is 20.5. The predicted octanol–water partition coefficient (Wildman–Crippen LogP) is 4.30. The van der Waals surface area contributed by atoms with E-state index in [1.165, 1.54) is 18.1 Å². The third-order valence-electron chi connectivity index (χ3n) is 5.66. The minimum absolute atomic E-state index is 0.0574. The van der Waals surface area contributed by atoms with Crippen molar-refractivity contribution < 1.29 is 37.0 Å². The van der Waals surface area contributed by atoms with Gasteiger partial charge in [0.15, 0.2) is 23.1 Å². The SMILES string of the molecule is COCCN(CC(=O)N(Cc1ccc2c(c1)OCO2)Cc1ccc(C)o1)C(=O)Nc1ccc(F)c(F)c1. The number of aryl methyl sites for hydroxylation is 1. The zero-order valence-electron chi connectivity index (χ0n) is 20.5. The normalized spacial score (nSPS) is 11.9. The van der Waals surface area contributed by atoms with E-state index >= 15 is 0 Å². The second-order valence-electron chi connectivity index (χ2n) is 8.42. The van der Waals surface area contributed by atoms with Gasteiger partial charge in [0.2, 0.25) is 12.7 Å². The molecule has 196 valence electrons. The first-order valence-electron chi connectivity index (χ1n) is 11.5. The molecule has 1 aromatic heterocycles.